The van der Waals surface area contributed by atoms with Gasteiger partial charge in [0.05, 0.1) is 0 Å². The van der Waals surface area contributed by atoms with E-state index in [1.54, 1.807) is 0 Å². The quantitative estimate of drug-likeness (QED) is 0.805. The second-order valence-electron chi connectivity index (χ2n) is 4.48. The van der Waals surface area contributed by atoms with E-state index in [9.17, 15) is 4.79 Å². The lowest BCUT2D eigenvalue weighted by Crippen LogP contribution is -2.32. The molecule has 2 rings (SSSR count). The number of hydrogen-bond acceptors (Lipinski definition) is 2. The van der Waals surface area contributed by atoms with E-state index < -0.39 is 0 Å². The summed E-state index contributed by atoms with van der Waals surface area (Å²) >= 11 is 0. The van der Waals surface area contributed by atoms with Crippen molar-refractivity contribution in [3.05, 3.63) is 29.8 Å². The van der Waals surface area contributed by atoms with Crippen molar-refractivity contribution in [3.8, 4) is 0 Å². The van der Waals surface area contributed by atoms with Gasteiger partial charge in [-0.3, -0.25) is 4.79 Å². The third-order valence-corrected chi connectivity index (χ3v) is 3.23. The van der Waals surface area contributed by atoms with E-state index >= 15 is 0 Å². The van der Waals surface area contributed by atoms with Crippen molar-refractivity contribution in [3.63, 3.8) is 0 Å². The highest BCUT2D eigenvalue weighted by atomic mass is 16.2. The van der Waals surface area contributed by atoms with Crippen LogP contribution in [0.3, 0.4) is 0 Å². The molecule has 1 aromatic rings. The fraction of sp³-hybridized carbons (Fsp3) is 0.500. The van der Waals surface area contributed by atoms with Crippen molar-refractivity contribution in [2.24, 2.45) is 0 Å². The SMILES string of the molecule is CNCCCN1C(=O)CCCc2ccccc21. The van der Waals surface area contributed by atoms with Crippen LogP contribution >= 0.6 is 0 Å². The third kappa shape index (κ3) is 2.86. The number of anilines is 1. The Morgan fingerprint density at radius 2 is 2.12 bits per heavy atom. The third-order valence-electron chi connectivity index (χ3n) is 3.23. The summed E-state index contributed by atoms with van der Waals surface area (Å²) in [5.41, 5.74) is 2.42. The molecule has 3 nitrogen and oxygen atoms in total. The second kappa shape index (κ2) is 5.82. The summed E-state index contributed by atoms with van der Waals surface area (Å²) in [7, 11) is 1.94. The molecule has 0 atom stereocenters. The zero-order valence-corrected chi connectivity index (χ0v) is 10.4. The van der Waals surface area contributed by atoms with Crippen LogP contribution in [0.25, 0.3) is 0 Å². The molecule has 17 heavy (non-hydrogen) atoms. The number of nitrogens with one attached hydrogen (secondary N) is 1. The van der Waals surface area contributed by atoms with Gasteiger partial charge < -0.3 is 10.2 Å². The van der Waals surface area contributed by atoms with E-state index in [1.807, 2.05) is 18.0 Å². The molecule has 1 N–H and O–H groups in total. The molecule has 1 aliphatic heterocycles. The number of carbonyl (C=O) groups is 1. The molecule has 0 bridgehead atoms. The van der Waals surface area contributed by atoms with E-state index in [-0.39, 0.29) is 5.91 Å². The Kier molecular flexibility index (Phi) is 4.15. The van der Waals surface area contributed by atoms with Crippen molar-refractivity contribution >= 4 is 11.6 Å². The number of para-hydroxylation sites is 1. The maximum absolute atomic E-state index is 12.1. The molecular formula is C14H20N2O. The largest absolute Gasteiger partial charge is 0.320 e. The van der Waals surface area contributed by atoms with Gasteiger partial charge in [0, 0.05) is 18.7 Å². The number of rotatable bonds is 4. The normalized spacial score (nSPS) is 15.6. The minimum atomic E-state index is 0.269. The van der Waals surface area contributed by atoms with Crippen LogP contribution in [-0.4, -0.2) is 26.0 Å². The maximum atomic E-state index is 12.1. The van der Waals surface area contributed by atoms with Gasteiger partial charge in [0.2, 0.25) is 5.91 Å². The molecule has 1 heterocycles. The fourth-order valence-corrected chi connectivity index (χ4v) is 2.34. The van der Waals surface area contributed by atoms with Gasteiger partial charge in [0.25, 0.3) is 0 Å². The Hall–Kier alpha value is -1.35. The smallest absolute Gasteiger partial charge is 0.226 e. The van der Waals surface area contributed by atoms with Crippen molar-refractivity contribution in [1.29, 1.82) is 0 Å². The molecule has 0 saturated carbocycles. The number of carbonyl (C=O) groups excluding carboxylic acids is 1. The molecule has 0 saturated heterocycles. The molecule has 3 heteroatoms. The molecule has 1 amide bonds. The van der Waals surface area contributed by atoms with E-state index in [4.69, 9.17) is 0 Å². The molecule has 0 unspecified atom stereocenters. The van der Waals surface area contributed by atoms with Crippen LogP contribution in [0.5, 0.6) is 0 Å². The summed E-state index contributed by atoms with van der Waals surface area (Å²) < 4.78 is 0. The molecule has 1 aromatic carbocycles. The Morgan fingerprint density at radius 3 is 2.94 bits per heavy atom. The van der Waals surface area contributed by atoms with Crippen molar-refractivity contribution < 1.29 is 4.79 Å². The van der Waals surface area contributed by atoms with Gasteiger partial charge in [0.1, 0.15) is 0 Å². The zero-order valence-electron chi connectivity index (χ0n) is 10.4. The van der Waals surface area contributed by atoms with Crippen LogP contribution < -0.4 is 10.2 Å². The molecule has 1 aliphatic rings. The van der Waals surface area contributed by atoms with E-state index in [0.717, 1.165) is 38.0 Å². The van der Waals surface area contributed by atoms with Gasteiger partial charge in [0.15, 0.2) is 0 Å². The average Bonchev–Trinajstić information content (AvgIpc) is 2.50. The van der Waals surface area contributed by atoms with E-state index in [1.165, 1.54) is 5.56 Å². The molecule has 0 radical (unpaired) electrons. The number of hydrogen-bond donors (Lipinski definition) is 1. The maximum Gasteiger partial charge on any atom is 0.226 e. The molecular weight excluding hydrogens is 212 g/mol. The number of amides is 1. The summed E-state index contributed by atoms with van der Waals surface area (Å²) in [6, 6.07) is 8.28. The first kappa shape index (κ1) is 12.1. The molecule has 0 aromatic heterocycles. The minimum absolute atomic E-state index is 0.269. The summed E-state index contributed by atoms with van der Waals surface area (Å²) in [6.07, 6.45) is 3.66. The van der Waals surface area contributed by atoms with Gasteiger partial charge in [-0.25, -0.2) is 0 Å². The molecule has 0 aliphatic carbocycles. The van der Waals surface area contributed by atoms with Crippen molar-refractivity contribution in [2.75, 3.05) is 25.0 Å². The van der Waals surface area contributed by atoms with Gasteiger partial charge in [-0.05, 0) is 44.5 Å². The monoisotopic (exact) mass is 232 g/mol. The first-order valence-electron chi connectivity index (χ1n) is 6.36. The Morgan fingerprint density at radius 1 is 1.29 bits per heavy atom. The summed E-state index contributed by atoms with van der Waals surface area (Å²) in [5.74, 6) is 0.269. The predicted molar refractivity (Wildman–Crippen MR) is 70.3 cm³/mol. The molecule has 92 valence electrons. The molecule has 0 fully saturated rings. The average molecular weight is 232 g/mol. The standard InChI is InChI=1S/C14H20N2O/c1-15-10-5-11-16-13-8-3-2-6-12(13)7-4-9-14(16)17/h2-3,6,8,15H,4-5,7,9-11H2,1H3. The summed E-state index contributed by atoms with van der Waals surface area (Å²) in [4.78, 5) is 14.0. The van der Waals surface area contributed by atoms with Crippen molar-refractivity contribution in [2.45, 2.75) is 25.7 Å². The van der Waals surface area contributed by atoms with Crippen LogP contribution in [0.2, 0.25) is 0 Å². The van der Waals surface area contributed by atoms with Gasteiger partial charge >= 0.3 is 0 Å². The number of nitrogens with zero attached hydrogens (tertiary/aromatic N) is 1. The lowest BCUT2D eigenvalue weighted by atomic mass is 10.1. The van der Waals surface area contributed by atoms with Crippen molar-refractivity contribution in [1.82, 2.24) is 5.32 Å². The van der Waals surface area contributed by atoms with Gasteiger partial charge in [-0.2, -0.15) is 0 Å². The number of fused-ring (bicyclic) bond motifs is 1. The lowest BCUT2D eigenvalue weighted by Gasteiger charge is -2.23. The van der Waals surface area contributed by atoms with Crippen LogP contribution in [0.1, 0.15) is 24.8 Å². The van der Waals surface area contributed by atoms with Crippen LogP contribution in [0, 0.1) is 0 Å². The summed E-state index contributed by atoms with van der Waals surface area (Å²) in [6.45, 7) is 1.77. The second-order valence-corrected chi connectivity index (χ2v) is 4.48. The first-order valence-corrected chi connectivity index (χ1v) is 6.36. The molecule has 0 spiro atoms. The predicted octanol–water partition coefficient (Wildman–Crippen LogP) is 1.97. The Balaban J connectivity index is 2.18. The Bertz CT molecular complexity index is 390. The van der Waals surface area contributed by atoms with Crippen LogP contribution in [-0.2, 0) is 11.2 Å². The highest BCUT2D eigenvalue weighted by Crippen LogP contribution is 2.26. The van der Waals surface area contributed by atoms with E-state index in [0.29, 0.717) is 6.42 Å². The summed E-state index contributed by atoms with van der Waals surface area (Å²) in [5, 5.41) is 3.12. The van der Waals surface area contributed by atoms with Crippen LogP contribution in [0.15, 0.2) is 24.3 Å². The van der Waals surface area contributed by atoms with Crippen LogP contribution in [0.4, 0.5) is 5.69 Å². The zero-order chi connectivity index (χ0) is 12.1. The topological polar surface area (TPSA) is 32.3 Å². The number of aryl methyl sites for hydroxylation is 1. The Labute approximate surface area is 103 Å². The van der Waals surface area contributed by atoms with E-state index in [2.05, 4.69) is 23.5 Å². The first-order chi connectivity index (χ1) is 8.33. The highest BCUT2D eigenvalue weighted by molar-refractivity contribution is 5.94. The van der Waals surface area contributed by atoms with Gasteiger partial charge in [-0.1, -0.05) is 18.2 Å². The highest BCUT2D eigenvalue weighted by Gasteiger charge is 2.20. The van der Waals surface area contributed by atoms with Gasteiger partial charge in [-0.15, -0.1) is 0 Å². The fourth-order valence-electron chi connectivity index (χ4n) is 2.34. The number of benzene rings is 1. The lowest BCUT2D eigenvalue weighted by molar-refractivity contribution is -0.118. The minimum Gasteiger partial charge on any atom is -0.320 e.